The average molecular weight is 272 g/mol. The molecule has 4 nitrogen and oxygen atoms in total. The van der Waals surface area contributed by atoms with Crippen molar-refractivity contribution >= 4 is 27.6 Å². The molecule has 0 N–H and O–H groups in total. The number of hydrogen-bond acceptors (Lipinski definition) is 4. The van der Waals surface area contributed by atoms with E-state index in [0.29, 0.717) is 5.56 Å². The summed E-state index contributed by atoms with van der Waals surface area (Å²) in [4.78, 5) is 13.2. The Labute approximate surface area is 95.9 Å². The number of nitrogens with zero attached hydrogens (tertiary/aromatic N) is 1. The normalized spacial score (nSPS) is 18.3. The second kappa shape index (κ2) is 3.73. The zero-order valence-corrected chi connectivity index (χ0v) is 9.95. The molecule has 0 fully saturated rings. The van der Waals surface area contributed by atoms with Gasteiger partial charge in [0.15, 0.2) is 0 Å². The lowest BCUT2D eigenvalue weighted by Crippen LogP contribution is -2.24. The van der Waals surface area contributed by atoms with Crippen LogP contribution in [-0.4, -0.2) is 25.3 Å². The monoisotopic (exact) mass is 271 g/mol. The summed E-state index contributed by atoms with van der Waals surface area (Å²) in [5, 5.41) is -0.180. The van der Waals surface area contributed by atoms with Gasteiger partial charge in [0.1, 0.15) is 5.75 Å². The largest absolute Gasteiger partial charge is 0.465 e. The molecule has 0 bridgehead atoms. The first-order chi connectivity index (χ1) is 7.13. The minimum absolute atomic E-state index is 0.180. The summed E-state index contributed by atoms with van der Waals surface area (Å²) in [6.07, 6.45) is 0. The van der Waals surface area contributed by atoms with Gasteiger partial charge in [-0.2, -0.15) is 0 Å². The van der Waals surface area contributed by atoms with Crippen molar-refractivity contribution in [3.05, 3.63) is 23.8 Å². The van der Waals surface area contributed by atoms with Crippen LogP contribution in [0.1, 0.15) is 10.4 Å². The molecule has 0 aliphatic carbocycles. The fourth-order valence-electron chi connectivity index (χ4n) is 1.43. The quantitative estimate of drug-likeness (QED) is 0.445. The Bertz CT molecular complexity index is 408. The minimum Gasteiger partial charge on any atom is -0.465 e. The van der Waals surface area contributed by atoms with E-state index in [0.717, 1.165) is 11.4 Å². The van der Waals surface area contributed by atoms with Gasteiger partial charge in [-0.3, -0.25) is 0 Å². The van der Waals surface area contributed by atoms with E-state index in [2.05, 4.69) is 20.7 Å². The molecule has 1 aromatic rings. The molecule has 0 spiro atoms. The molecule has 2 rings (SSSR count). The minimum atomic E-state index is -0.343. The molecule has 1 unspecified atom stereocenters. The van der Waals surface area contributed by atoms with Gasteiger partial charge in [-0.1, -0.05) is 0 Å². The number of methoxy groups -OCH3 is 1. The van der Waals surface area contributed by atoms with Crippen LogP contribution in [0.4, 0.5) is 5.69 Å². The molecule has 1 atom stereocenters. The Hall–Kier alpha value is -1.23. The number of alkyl halides is 1. The summed E-state index contributed by atoms with van der Waals surface area (Å²) >= 11 is 3.35. The van der Waals surface area contributed by atoms with Crippen LogP contribution in [0.2, 0.25) is 0 Å². The number of esters is 1. The van der Waals surface area contributed by atoms with Gasteiger partial charge in [0.2, 0.25) is 5.14 Å². The molecule has 1 heterocycles. The Morgan fingerprint density at radius 3 is 3.00 bits per heavy atom. The van der Waals surface area contributed by atoms with Gasteiger partial charge in [-0.25, -0.2) is 4.79 Å². The maximum atomic E-state index is 11.3. The molecule has 0 saturated heterocycles. The highest BCUT2D eigenvalue weighted by atomic mass is 79.9. The van der Waals surface area contributed by atoms with Crippen LogP contribution in [0.15, 0.2) is 18.2 Å². The smallest absolute Gasteiger partial charge is 0.337 e. The second-order valence-corrected chi connectivity index (χ2v) is 3.98. The number of halogens is 1. The highest BCUT2D eigenvalue weighted by Gasteiger charge is 2.26. The molecule has 80 valence electrons. The van der Waals surface area contributed by atoms with Gasteiger partial charge in [-0.15, -0.1) is 0 Å². The van der Waals surface area contributed by atoms with Crippen LogP contribution < -0.4 is 9.64 Å². The fraction of sp³-hybridized carbons (Fsp3) is 0.300. The van der Waals surface area contributed by atoms with Gasteiger partial charge < -0.3 is 14.4 Å². The van der Waals surface area contributed by atoms with Crippen molar-refractivity contribution < 1.29 is 14.3 Å². The van der Waals surface area contributed by atoms with Crippen LogP contribution in [0, 0.1) is 0 Å². The molecule has 5 heteroatoms. The van der Waals surface area contributed by atoms with E-state index >= 15 is 0 Å². The van der Waals surface area contributed by atoms with Gasteiger partial charge in [0, 0.05) is 7.05 Å². The van der Waals surface area contributed by atoms with Gasteiger partial charge >= 0.3 is 5.97 Å². The van der Waals surface area contributed by atoms with Crippen molar-refractivity contribution in [3.63, 3.8) is 0 Å². The lowest BCUT2D eigenvalue weighted by molar-refractivity contribution is 0.0601. The number of carbonyl (C=O) groups excluding carboxylic acids is 1. The molecule has 0 saturated carbocycles. The van der Waals surface area contributed by atoms with Crippen LogP contribution in [-0.2, 0) is 4.74 Å². The van der Waals surface area contributed by atoms with Gasteiger partial charge in [-0.05, 0) is 34.1 Å². The summed E-state index contributed by atoms with van der Waals surface area (Å²) in [5.41, 5.74) is 1.40. The van der Waals surface area contributed by atoms with Crippen LogP contribution in [0.25, 0.3) is 0 Å². The topological polar surface area (TPSA) is 38.8 Å². The van der Waals surface area contributed by atoms with Crippen molar-refractivity contribution in [2.75, 3.05) is 19.1 Å². The van der Waals surface area contributed by atoms with Crippen molar-refractivity contribution in [2.24, 2.45) is 0 Å². The molecular weight excluding hydrogens is 262 g/mol. The number of fused-ring (bicyclic) bond motifs is 1. The summed E-state index contributed by atoms with van der Waals surface area (Å²) < 4.78 is 10.1. The first-order valence-corrected chi connectivity index (χ1v) is 5.31. The first kappa shape index (κ1) is 10.3. The second-order valence-electron chi connectivity index (χ2n) is 3.19. The van der Waals surface area contributed by atoms with E-state index in [-0.39, 0.29) is 11.1 Å². The maximum absolute atomic E-state index is 11.3. The van der Waals surface area contributed by atoms with E-state index in [9.17, 15) is 4.79 Å². The average Bonchev–Trinajstić information content (AvgIpc) is 2.54. The number of carbonyl (C=O) groups is 1. The summed E-state index contributed by atoms with van der Waals surface area (Å²) in [6.45, 7) is 0. The van der Waals surface area contributed by atoms with Crippen molar-refractivity contribution in [1.29, 1.82) is 0 Å². The summed E-state index contributed by atoms with van der Waals surface area (Å²) in [7, 11) is 3.25. The zero-order chi connectivity index (χ0) is 11.0. The highest BCUT2D eigenvalue weighted by molar-refractivity contribution is 9.09. The van der Waals surface area contributed by atoms with E-state index in [1.54, 1.807) is 18.2 Å². The van der Waals surface area contributed by atoms with Crippen LogP contribution in [0.5, 0.6) is 5.75 Å². The van der Waals surface area contributed by atoms with E-state index < -0.39 is 0 Å². The van der Waals surface area contributed by atoms with Crippen molar-refractivity contribution in [1.82, 2.24) is 0 Å². The standard InChI is InChI=1S/C10H10BrNO3/c1-12-7-5-6(9(13)14-2)3-4-8(7)15-10(12)11/h3-5,10H,1-2H3. The van der Waals surface area contributed by atoms with E-state index in [1.807, 2.05) is 11.9 Å². The fourth-order valence-corrected chi connectivity index (χ4v) is 1.85. The van der Waals surface area contributed by atoms with E-state index in [1.165, 1.54) is 7.11 Å². The lowest BCUT2D eigenvalue weighted by atomic mass is 10.2. The number of hydrogen-bond donors (Lipinski definition) is 0. The third-order valence-electron chi connectivity index (χ3n) is 2.29. The SMILES string of the molecule is COC(=O)c1ccc2c(c1)N(C)C(Br)O2. The zero-order valence-electron chi connectivity index (χ0n) is 8.36. The molecule has 1 aliphatic rings. The Kier molecular flexibility index (Phi) is 2.56. The predicted octanol–water partition coefficient (Wildman–Crippen LogP) is 1.98. The molecule has 15 heavy (non-hydrogen) atoms. The molecular formula is C10H10BrNO3. The number of ether oxygens (including phenoxy) is 2. The molecule has 1 aliphatic heterocycles. The number of rotatable bonds is 1. The Morgan fingerprint density at radius 2 is 2.33 bits per heavy atom. The third-order valence-corrected chi connectivity index (χ3v) is 3.09. The van der Waals surface area contributed by atoms with Gasteiger partial charge in [0.25, 0.3) is 0 Å². The maximum Gasteiger partial charge on any atom is 0.337 e. The molecule has 0 radical (unpaired) electrons. The molecule has 0 amide bonds. The Morgan fingerprint density at radius 1 is 1.60 bits per heavy atom. The van der Waals surface area contributed by atoms with Crippen LogP contribution >= 0.6 is 15.9 Å². The van der Waals surface area contributed by atoms with Crippen molar-refractivity contribution in [2.45, 2.75) is 5.14 Å². The first-order valence-electron chi connectivity index (χ1n) is 4.39. The third kappa shape index (κ3) is 1.67. The molecule has 1 aromatic carbocycles. The predicted molar refractivity (Wildman–Crippen MR) is 59.5 cm³/mol. The molecule has 0 aromatic heterocycles. The lowest BCUT2D eigenvalue weighted by Gasteiger charge is -2.13. The van der Waals surface area contributed by atoms with Crippen molar-refractivity contribution in [3.8, 4) is 5.75 Å². The Balaban J connectivity index is 2.39. The summed E-state index contributed by atoms with van der Waals surface area (Å²) in [5.74, 6) is 0.413. The van der Waals surface area contributed by atoms with E-state index in [4.69, 9.17) is 4.74 Å². The summed E-state index contributed by atoms with van der Waals surface area (Å²) in [6, 6.07) is 5.20. The van der Waals surface area contributed by atoms with Crippen LogP contribution in [0.3, 0.4) is 0 Å². The highest BCUT2D eigenvalue weighted by Crippen LogP contribution is 2.38. The van der Waals surface area contributed by atoms with Gasteiger partial charge in [0.05, 0.1) is 18.4 Å². The number of anilines is 1. The number of benzene rings is 1.